The van der Waals surface area contributed by atoms with E-state index >= 15 is 0 Å². The van der Waals surface area contributed by atoms with Crippen LogP contribution in [0, 0.1) is 23.2 Å². The first kappa shape index (κ1) is 18.8. The summed E-state index contributed by atoms with van der Waals surface area (Å²) < 4.78 is 0. The second kappa shape index (κ2) is 7.26. The molecule has 1 saturated heterocycles. The van der Waals surface area contributed by atoms with E-state index in [2.05, 4.69) is 15.5 Å². The van der Waals surface area contributed by atoms with E-state index in [1.54, 1.807) is 4.90 Å². The van der Waals surface area contributed by atoms with Crippen LogP contribution in [0.5, 0.6) is 0 Å². The van der Waals surface area contributed by atoms with Crippen molar-refractivity contribution < 1.29 is 9.59 Å². The normalized spacial score (nSPS) is 33.7. The Labute approximate surface area is 170 Å². The third-order valence-electron chi connectivity index (χ3n) is 7.75. The lowest BCUT2D eigenvalue weighted by Gasteiger charge is -2.56. The van der Waals surface area contributed by atoms with Crippen molar-refractivity contribution in [1.82, 2.24) is 20.4 Å². The van der Waals surface area contributed by atoms with Crippen molar-refractivity contribution in [2.24, 2.45) is 23.2 Å². The number of amides is 2. The first-order chi connectivity index (χ1) is 14.0. The molecule has 4 aliphatic carbocycles. The molecule has 1 aliphatic heterocycles. The maximum atomic E-state index is 12.8. The van der Waals surface area contributed by atoms with Gasteiger partial charge in [0, 0.05) is 31.6 Å². The zero-order valence-corrected chi connectivity index (χ0v) is 16.9. The molecule has 0 spiro atoms. The van der Waals surface area contributed by atoms with Gasteiger partial charge in [-0.1, -0.05) is 0 Å². The predicted octanol–water partition coefficient (Wildman–Crippen LogP) is 2.10. The minimum atomic E-state index is -0.318. The quantitative estimate of drug-likeness (QED) is 0.812. The van der Waals surface area contributed by atoms with Gasteiger partial charge >= 0.3 is 0 Å². The highest BCUT2D eigenvalue weighted by Gasteiger charge is 2.51. The van der Waals surface area contributed by atoms with Gasteiger partial charge in [-0.2, -0.15) is 5.10 Å². The summed E-state index contributed by atoms with van der Waals surface area (Å²) in [5.74, 6) is 2.64. The minimum Gasteiger partial charge on any atom is -0.353 e. The molecule has 0 unspecified atom stereocenters. The Morgan fingerprint density at radius 2 is 1.69 bits per heavy atom. The second-order valence-electron chi connectivity index (χ2n) is 10.0. The lowest BCUT2D eigenvalue weighted by atomic mass is 9.49. The molecule has 1 aromatic heterocycles. The largest absolute Gasteiger partial charge is 0.353 e. The standard InChI is InChI=1S/C22H30N4O3/c27-19-2-1-18(24-25-19)21(29)26-5-3-17(4-6-26)23-20(28)13-22-10-14-7-15(11-22)9-16(8-14)12-22/h1-2,14-17H,3-13H2,(H,23,28)(H,25,27). The van der Waals surface area contributed by atoms with Gasteiger partial charge in [-0.25, -0.2) is 5.10 Å². The fraction of sp³-hybridized carbons (Fsp3) is 0.727. The molecular weight excluding hydrogens is 368 g/mol. The summed E-state index contributed by atoms with van der Waals surface area (Å²) in [5.41, 5.74) is 0.210. The number of nitrogens with one attached hydrogen (secondary N) is 2. The van der Waals surface area contributed by atoms with Crippen molar-refractivity contribution in [2.75, 3.05) is 13.1 Å². The first-order valence-corrected chi connectivity index (χ1v) is 11.1. The van der Waals surface area contributed by atoms with Gasteiger partial charge in [0.2, 0.25) is 5.91 Å². The fourth-order valence-corrected chi connectivity index (χ4v) is 6.98. The Kier molecular flexibility index (Phi) is 4.71. The highest BCUT2D eigenvalue weighted by molar-refractivity contribution is 5.92. The van der Waals surface area contributed by atoms with E-state index in [9.17, 15) is 14.4 Å². The van der Waals surface area contributed by atoms with Gasteiger partial charge in [0.25, 0.3) is 11.5 Å². The van der Waals surface area contributed by atoms with Crippen molar-refractivity contribution in [3.05, 3.63) is 28.2 Å². The van der Waals surface area contributed by atoms with E-state index in [1.807, 2.05) is 0 Å². The summed E-state index contributed by atoms with van der Waals surface area (Å²) in [4.78, 5) is 38.2. The SMILES string of the molecule is O=C(CC12CC3CC(CC(C3)C1)C2)NC1CCN(C(=O)c2ccc(=O)[nH]n2)CC1. The average Bonchev–Trinajstić information content (AvgIpc) is 2.67. The molecule has 5 aliphatic rings. The number of hydrogen-bond donors (Lipinski definition) is 2. The van der Waals surface area contributed by atoms with E-state index in [0.717, 1.165) is 30.6 Å². The number of rotatable bonds is 4. The van der Waals surface area contributed by atoms with Crippen molar-refractivity contribution in [2.45, 2.75) is 63.8 Å². The lowest BCUT2D eigenvalue weighted by Crippen LogP contribution is -2.50. The summed E-state index contributed by atoms with van der Waals surface area (Å²) in [6, 6.07) is 2.92. The van der Waals surface area contributed by atoms with Gasteiger partial charge in [0.1, 0.15) is 5.69 Å². The molecule has 5 fully saturated rings. The topological polar surface area (TPSA) is 95.2 Å². The molecule has 6 rings (SSSR count). The second-order valence-corrected chi connectivity index (χ2v) is 10.0. The number of carbonyl (C=O) groups is 2. The Morgan fingerprint density at radius 3 is 2.24 bits per heavy atom. The fourth-order valence-electron chi connectivity index (χ4n) is 6.98. The van der Waals surface area contributed by atoms with Crippen LogP contribution in [-0.2, 0) is 4.79 Å². The molecule has 2 N–H and O–H groups in total. The van der Waals surface area contributed by atoms with Crippen molar-refractivity contribution >= 4 is 11.8 Å². The van der Waals surface area contributed by atoms with Gasteiger partial charge in [-0.15, -0.1) is 0 Å². The van der Waals surface area contributed by atoms with Crippen LogP contribution in [0.2, 0.25) is 0 Å². The minimum absolute atomic E-state index is 0.143. The van der Waals surface area contributed by atoms with E-state index < -0.39 is 0 Å². The van der Waals surface area contributed by atoms with Crippen LogP contribution in [0.15, 0.2) is 16.9 Å². The summed E-state index contributed by atoms with van der Waals surface area (Å²) in [7, 11) is 0. The predicted molar refractivity (Wildman–Crippen MR) is 107 cm³/mol. The zero-order chi connectivity index (χ0) is 20.0. The first-order valence-electron chi connectivity index (χ1n) is 11.1. The number of likely N-dealkylation sites (tertiary alicyclic amines) is 1. The highest BCUT2D eigenvalue weighted by atomic mass is 16.2. The molecule has 156 valence electrons. The number of aromatic nitrogens is 2. The van der Waals surface area contributed by atoms with E-state index in [0.29, 0.717) is 19.5 Å². The third kappa shape index (κ3) is 3.83. The highest BCUT2D eigenvalue weighted by Crippen LogP contribution is 2.61. The van der Waals surface area contributed by atoms with Crippen molar-refractivity contribution in [3.8, 4) is 0 Å². The average molecular weight is 399 g/mol. The monoisotopic (exact) mass is 398 g/mol. The number of aromatic amines is 1. The molecule has 7 nitrogen and oxygen atoms in total. The van der Waals surface area contributed by atoms with Gasteiger partial charge in [0.05, 0.1) is 0 Å². The molecule has 2 heterocycles. The summed E-state index contributed by atoms with van der Waals surface area (Å²) >= 11 is 0. The summed E-state index contributed by atoms with van der Waals surface area (Å²) in [6.07, 6.45) is 10.2. The lowest BCUT2D eigenvalue weighted by molar-refractivity contribution is -0.130. The number of piperidine rings is 1. The molecule has 4 bridgehead atoms. The summed E-state index contributed by atoms with van der Waals surface area (Å²) in [6.45, 7) is 1.20. The van der Waals surface area contributed by atoms with Crippen LogP contribution in [0.1, 0.15) is 68.3 Å². The van der Waals surface area contributed by atoms with Crippen LogP contribution in [0.25, 0.3) is 0 Å². The summed E-state index contributed by atoms with van der Waals surface area (Å²) in [5, 5.41) is 9.39. The molecule has 1 aromatic rings. The maximum Gasteiger partial charge on any atom is 0.274 e. The van der Waals surface area contributed by atoms with Crippen molar-refractivity contribution in [1.29, 1.82) is 0 Å². The van der Waals surface area contributed by atoms with E-state index in [1.165, 1.54) is 50.7 Å². The van der Waals surface area contributed by atoms with Crippen LogP contribution in [-0.4, -0.2) is 46.0 Å². The van der Waals surface area contributed by atoms with Crippen molar-refractivity contribution in [3.63, 3.8) is 0 Å². The molecule has 0 aromatic carbocycles. The van der Waals surface area contributed by atoms with Gasteiger partial charge in [-0.3, -0.25) is 14.4 Å². The third-order valence-corrected chi connectivity index (χ3v) is 7.75. The molecule has 29 heavy (non-hydrogen) atoms. The zero-order valence-electron chi connectivity index (χ0n) is 16.9. The Balaban J connectivity index is 1.12. The van der Waals surface area contributed by atoms with Crippen LogP contribution >= 0.6 is 0 Å². The number of H-pyrrole nitrogens is 1. The van der Waals surface area contributed by atoms with Crippen LogP contribution in [0.3, 0.4) is 0 Å². The number of carbonyl (C=O) groups excluding carboxylic acids is 2. The van der Waals surface area contributed by atoms with Gasteiger partial charge in [-0.05, 0) is 80.6 Å². The Morgan fingerprint density at radius 1 is 1.07 bits per heavy atom. The number of hydrogen-bond acceptors (Lipinski definition) is 4. The van der Waals surface area contributed by atoms with Gasteiger partial charge < -0.3 is 10.2 Å². The molecular formula is C22H30N4O3. The molecule has 7 heteroatoms. The maximum absolute atomic E-state index is 12.8. The molecule has 0 radical (unpaired) electrons. The molecule has 0 atom stereocenters. The Hall–Kier alpha value is -2.18. The smallest absolute Gasteiger partial charge is 0.274 e. The van der Waals surface area contributed by atoms with Crippen LogP contribution in [0.4, 0.5) is 0 Å². The Bertz CT molecular complexity index is 800. The molecule has 2 amide bonds. The van der Waals surface area contributed by atoms with E-state index in [4.69, 9.17) is 0 Å². The van der Waals surface area contributed by atoms with Gasteiger partial charge in [0.15, 0.2) is 0 Å². The van der Waals surface area contributed by atoms with Crippen LogP contribution < -0.4 is 10.9 Å². The van der Waals surface area contributed by atoms with E-state index in [-0.39, 0.29) is 34.5 Å². The number of nitrogens with zero attached hydrogens (tertiary/aromatic N) is 2. The molecule has 4 saturated carbocycles.